The van der Waals surface area contributed by atoms with Crippen LogP contribution in [0, 0.1) is 11.3 Å². The van der Waals surface area contributed by atoms with Crippen LogP contribution < -0.4 is 4.74 Å². The number of fused-ring (bicyclic) bond motifs is 1. The molecule has 167 valence electrons. The number of aromatic nitrogens is 2. The van der Waals surface area contributed by atoms with E-state index in [0.29, 0.717) is 53.1 Å². The van der Waals surface area contributed by atoms with Gasteiger partial charge in [-0.15, -0.1) is 0 Å². The number of nitriles is 1. The van der Waals surface area contributed by atoms with Gasteiger partial charge in [-0.05, 0) is 50.1 Å². The normalized spacial score (nSPS) is 11.5. The molecule has 0 fully saturated rings. The van der Waals surface area contributed by atoms with Crippen molar-refractivity contribution < 1.29 is 38.4 Å². The number of ether oxygens (including phenoxy) is 1. The van der Waals surface area contributed by atoms with Crippen molar-refractivity contribution in [1.82, 2.24) is 10.1 Å². The average molecular weight is 624 g/mol. The van der Waals surface area contributed by atoms with Gasteiger partial charge in [0.1, 0.15) is 17.6 Å². The quantitative estimate of drug-likeness (QED) is 0.328. The maximum absolute atomic E-state index is 9.43. The zero-order valence-corrected chi connectivity index (χ0v) is 21.7. The molecule has 1 aliphatic carbocycles. The van der Waals surface area contributed by atoms with Crippen molar-refractivity contribution in [3.8, 4) is 34.7 Å². The molecule has 1 aliphatic rings. The zero-order valence-electron chi connectivity index (χ0n) is 18.1. The third kappa shape index (κ3) is 5.40. The molecule has 32 heavy (non-hydrogen) atoms. The van der Waals surface area contributed by atoms with Gasteiger partial charge < -0.3 is 13.4 Å². The van der Waals surface area contributed by atoms with Gasteiger partial charge >= 0.3 is 0 Å². The van der Waals surface area contributed by atoms with Crippen molar-refractivity contribution in [2.24, 2.45) is 0 Å². The van der Waals surface area contributed by atoms with Crippen LogP contribution in [0.1, 0.15) is 44.4 Å². The molecular weight excluding hydrogens is 601 g/mol. The first kappa shape index (κ1) is 25.6. The molecule has 1 radical (unpaired) electrons. The average Bonchev–Trinajstić information content (AvgIpc) is 3.43. The molecule has 9 heteroatoms. The predicted molar refractivity (Wildman–Crippen MR) is 120 cm³/mol. The third-order valence-electron chi connectivity index (χ3n) is 4.44. The molecule has 0 amide bonds. The second-order valence-corrected chi connectivity index (χ2v) is 6.99. The van der Waals surface area contributed by atoms with E-state index in [2.05, 4.69) is 16.2 Å². The summed E-state index contributed by atoms with van der Waals surface area (Å²) in [5, 5.41) is 13.5. The fourth-order valence-corrected chi connectivity index (χ4v) is 3.47. The van der Waals surface area contributed by atoms with Crippen LogP contribution in [0.2, 0.25) is 0 Å². The Labute approximate surface area is 205 Å². The minimum atomic E-state index is -0.0325. The van der Waals surface area contributed by atoms with Crippen molar-refractivity contribution in [1.29, 1.82) is 5.26 Å². The first-order valence-electron chi connectivity index (χ1n) is 9.96. The first-order chi connectivity index (χ1) is 15.1. The summed E-state index contributed by atoms with van der Waals surface area (Å²) >= 11 is 0.319. The Kier molecular flexibility index (Phi) is 9.49. The SMILES string of the molecule is CC.CC(C)Oc1ccc(-c2nc(-c3cccc4c3CC=C4OSO)no2)cc1C#N.[Re]. The van der Waals surface area contributed by atoms with Gasteiger partial charge in [-0.2, -0.15) is 10.2 Å². The van der Waals surface area contributed by atoms with Crippen LogP contribution in [0.15, 0.2) is 47.0 Å². The maximum atomic E-state index is 9.43. The van der Waals surface area contributed by atoms with Crippen LogP contribution in [0.3, 0.4) is 0 Å². The summed E-state index contributed by atoms with van der Waals surface area (Å²) in [4.78, 5) is 4.52. The molecular formula is C23H23N3O4ReS. The molecule has 0 bridgehead atoms. The predicted octanol–water partition coefficient (Wildman–Crippen LogP) is 6.12. The molecule has 1 aromatic heterocycles. The molecule has 0 saturated carbocycles. The van der Waals surface area contributed by atoms with Gasteiger partial charge in [0, 0.05) is 37.1 Å². The molecule has 1 N–H and O–H groups in total. The summed E-state index contributed by atoms with van der Waals surface area (Å²) in [5.74, 6) is 1.90. The fourth-order valence-electron chi connectivity index (χ4n) is 3.23. The number of hydrogen-bond acceptors (Lipinski definition) is 8. The van der Waals surface area contributed by atoms with Gasteiger partial charge in [-0.3, -0.25) is 4.55 Å². The van der Waals surface area contributed by atoms with Crippen molar-refractivity contribution in [3.63, 3.8) is 0 Å². The summed E-state index contributed by atoms with van der Waals surface area (Å²) in [6, 6.07) is 13.0. The van der Waals surface area contributed by atoms with Gasteiger partial charge in [0.05, 0.1) is 11.7 Å². The number of hydrogen-bond donors (Lipinski definition) is 1. The topological polar surface area (TPSA) is 101 Å². The smallest absolute Gasteiger partial charge is 0.258 e. The van der Waals surface area contributed by atoms with Crippen LogP contribution in [-0.4, -0.2) is 20.8 Å². The van der Waals surface area contributed by atoms with Crippen LogP contribution >= 0.6 is 12.3 Å². The number of allylic oxidation sites excluding steroid dienone is 1. The monoisotopic (exact) mass is 624 g/mol. The van der Waals surface area contributed by atoms with Crippen molar-refractivity contribution in [3.05, 3.63) is 59.2 Å². The molecule has 2 aromatic carbocycles. The Balaban J connectivity index is 0.00000118. The van der Waals surface area contributed by atoms with Crippen molar-refractivity contribution in [2.45, 2.75) is 40.2 Å². The van der Waals surface area contributed by atoms with Gasteiger partial charge in [-0.1, -0.05) is 37.2 Å². The maximum Gasteiger partial charge on any atom is 0.258 e. The molecule has 1 heterocycles. The van der Waals surface area contributed by atoms with Crippen LogP contribution in [0.4, 0.5) is 0 Å². The summed E-state index contributed by atoms with van der Waals surface area (Å²) in [6.07, 6.45) is 2.51. The fraction of sp³-hybridized carbons (Fsp3) is 0.261. The second-order valence-electron chi connectivity index (χ2n) is 6.67. The van der Waals surface area contributed by atoms with E-state index in [4.69, 9.17) is 18.0 Å². The molecule has 0 spiro atoms. The van der Waals surface area contributed by atoms with E-state index in [1.807, 2.05) is 52.0 Å². The van der Waals surface area contributed by atoms with Crippen molar-refractivity contribution in [2.75, 3.05) is 0 Å². The Morgan fingerprint density at radius 3 is 2.62 bits per heavy atom. The number of nitrogens with zero attached hydrogens (tertiary/aromatic N) is 3. The second kappa shape index (κ2) is 11.8. The molecule has 4 rings (SSSR count). The molecule has 7 nitrogen and oxygen atoms in total. The minimum absolute atomic E-state index is 0. The minimum Gasteiger partial charge on any atom is -0.490 e. The van der Waals surface area contributed by atoms with Gasteiger partial charge in [0.2, 0.25) is 18.1 Å². The summed E-state index contributed by atoms with van der Waals surface area (Å²) in [5.41, 5.74) is 3.77. The molecule has 3 aromatic rings. The number of benzene rings is 2. The van der Waals surface area contributed by atoms with E-state index in [-0.39, 0.29) is 26.5 Å². The first-order valence-corrected chi connectivity index (χ1v) is 10.7. The number of rotatable bonds is 6. The van der Waals surface area contributed by atoms with Gasteiger partial charge in [0.25, 0.3) is 5.89 Å². The Morgan fingerprint density at radius 2 is 1.94 bits per heavy atom. The Bertz CT molecular complexity index is 1140. The van der Waals surface area contributed by atoms with Gasteiger partial charge in [0.15, 0.2) is 0 Å². The summed E-state index contributed by atoms with van der Waals surface area (Å²) < 4.78 is 25.3. The van der Waals surface area contributed by atoms with E-state index in [9.17, 15) is 5.26 Å². The molecule has 0 saturated heterocycles. The van der Waals surface area contributed by atoms with E-state index < -0.39 is 0 Å². The van der Waals surface area contributed by atoms with Crippen LogP contribution in [0.25, 0.3) is 28.6 Å². The third-order valence-corrected chi connectivity index (χ3v) is 4.69. The van der Waals surface area contributed by atoms with Crippen molar-refractivity contribution >= 4 is 18.1 Å². The molecule has 0 aliphatic heterocycles. The van der Waals surface area contributed by atoms with E-state index in [0.717, 1.165) is 16.7 Å². The van der Waals surface area contributed by atoms with E-state index in [1.165, 1.54) is 0 Å². The summed E-state index contributed by atoms with van der Waals surface area (Å²) in [6.45, 7) is 7.81. The van der Waals surface area contributed by atoms with E-state index >= 15 is 0 Å². The summed E-state index contributed by atoms with van der Waals surface area (Å²) in [7, 11) is 0. The largest absolute Gasteiger partial charge is 0.490 e. The van der Waals surface area contributed by atoms with E-state index in [1.54, 1.807) is 18.2 Å². The van der Waals surface area contributed by atoms with Gasteiger partial charge in [-0.25, -0.2) is 0 Å². The standard InChI is InChI=1S/C21H17N3O4S.C2H6.Re/c1-12(2)26-18-8-6-13(10-14(18)11-22)21-23-20(24-27-21)17-5-3-4-16-15(17)7-9-19(16)28-29-25;1-2;/h3-6,8-10,12,25H,7H2,1-2H3;1-2H3;. The van der Waals surface area contributed by atoms with Crippen LogP contribution in [0.5, 0.6) is 5.75 Å². The molecule has 0 atom stereocenters. The zero-order chi connectivity index (χ0) is 22.4. The Hall–Kier alpha value is -2.62. The molecule has 0 unspecified atom stereocenters. The van der Waals surface area contributed by atoms with Crippen LogP contribution in [-0.2, 0) is 31.0 Å². The Morgan fingerprint density at radius 1 is 1.19 bits per heavy atom.